The lowest BCUT2D eigenvalue weighted by Gasteiger charge is -1.70. The Morgan fingerprint density at radius 1 is 1.36 bits per heavy atom. The van der Waals surface area contributed by atoms with Crippen molar-refractivity contribution in [1.82, 2.24) is 4.98 Å². The number of terminal acetylenes is 1. The maximum atomic E-state index is 9.13. The van der Waals surface area contributed by atoms with E-state index in [0.29, 0.717) is 0 Å². The summed E-state index contributed by atoms with van der Waals surface area (Å²) in [7, 11) is 0. The number of carboxylic acids is 1. The number of aromatic nitrogens is 1. The van der Waals surface area contributed by atoms with Gasteiger partial charge in [0.2, 0.25) is 0 Å². The molecule has 1 N–H and O–H groups in total. The Bertz CT molecular complexity index is 211. The molecule has 0 aliphatic carbocycles. The van der Waals surface area contributed by atoms with Crippen molar-refractivity contribution < 1.29 is 9.90 Å². The van der Waals surface area contributed by atoms with Crippen molar-refractivity contribution in [2.24, 2.45) is 0 Å². The van der Waals surface area contributed by atoms with Crippen LogP contribution in [0.4, 0.5) is 0 Å². The molecule has 0 saturated heterocycles. The monoisotopic (exact) mass is 149 g/mol. The first-order valence-corrected chi connectivity index (χ1v) is 2.82. The van der Waals surface area contributed by atoms with E-state index in [0.717, 1.165) is 0 Å². The van der Waals surface area contributed by atoms with Gasteiger partial charge >= 0.3 is 5.97 Å². The number of aliphatic carboxylic acids is 1. The zero-order chi connectivity index (χ0) is 8.53. The predicted octanol–water partition coefficient (Wildman–Crippen LogP) is 0.786. The standard InChI is InChI=1S/C5H5N.C3H2O2/c1-2-4-6-5-3-1;1-2-3(4)5/h1-5H;1H,(H,4,5). The molecule has 0 amide bonds. The second kappa shape index (κ2) is 6.30. The van der Waals surface area contributed by atoms with E-state index in [4.69, 9.17) is 9.90 Å². The van der Waals surface area contributed by atoms with Gasteiger partial charge in [-0.05, 0) is 12.1 Å². The molecule has 0 atom stereocenters. The number of pyridine rings is 1. The van der Waals surface area contributed by atoms with Gasteiger partial charge in [0, 0.05) is 18.3 Å². The van der Waals surface area contributed by atoms with E-state index in [-0.39, 0.29) is 0 Å². The van der Waals surface area contributed by atoms with Crippen molar-refractivity contribution in [3.8, 4) is 12.3 Å². The molecule has 0 bridgehead atoms. The number of nitrogens with zero attached hydrogens (tertiary/aromatic N) is 1. The van der Waals surface area contributed by atoms with Crippen molar-refractivity contribution >= 4 is 5.97 Å². The van der Waals surface area contributed by atoms with Gasteiger partial charge in [0.15, 0.2) is 0 Å². The number of carbonyl (C=O) groups is 1. The highest BCUT2D eigenvalue weighted by molar-refractivity contribution is 5.85. The second-order valence-corrected chi connectivity index (χ2v) is 1.47. The van der Waals surface area contributed by atoms with E-state index < -0.39 is 5.97 Å². The molecule has 1 rings (SSSR count). The van der Waals surface area contributed by atoms with Gasteiger partial charge < -0.3 is 5.11 Å². The van der Waals surface area contributed by atoms with Crippen molar-refractivity contribution in [1.29, 1.82) is 0 Å². The fourth-order valence-corrected chi connectivity index (χ4v) is 0.313. The van der Waals surface area contributed by atoms with Crippen molar-refractivity contribution in [3.63, 3.8) is 0 Å². The Morgan fingerprint density at radius 3 is 1.91 bits per heavy atom. The van der Waals surface area contributed by atoms with Gasteiger partial charge in [-0.1, -0.05) is 6.07 Å². The van der Waals surface area contributed by atoms with Crippen LogP contribution in [0.2, 0.25) is 0 Å². The minimum Gasteiger partial charge on any atom is -0.472 e. The van der Waals surface area contributed by atoms with Crippen LogP contribution in [0, 0.1) is 12.3 Å². The SMILES string of the molecule is C#CC(=O)O.c1ccncc1. The molecule has 0 aliphatic heterocycles. The van der Waals surface area contributed by atoms with E-state index in [9.17, 15) is 0 Å². The molecule has 0 unspecified atom stereocenters. The Balaban J connectivity index is 0.000000187. The van der Waals surface area contributed by atoms with Crippen LogP contribution in [0.5, 0.6) is 0 Å². The molecule has 3 heteroatoms. The molecule has 0 spiro atoms. The fourth-order valence-electron chi connectivity index (χ4n) is 0.313. The summed E-state index contributed by atoms with van der Waals surface area (Å²) in [5.41, 5.74) is 0. The van der Waals surface area contributed by atoms with Gasteiger partial charge in [-0.15, -0.1) is 6.42 Å². The van der Waals surface area contributed by atoms with Gasteiger partial charge in [0.25, 0.3) is 0 Å². The lowest BCUT2D eigenvalue weighted by Crippen LogP contribution is -1.83. The van der Waals surface area contributed by atoms with E-state index in [2.05, 4.69) is 11.4 Å². The molecular weight excluding hydrogens is 142 g/mol. The maximum absolute atomic E-state index is 9.13. The summed E-state index contributed by atoms with van der Waals surface area (Å²) in [5.74, 6) is 0.227. The molecule has 0 radical (unpaired) electrons. The highest BCUT2D eigenvalue weighted by Crippen LogP contribution is 1.73. The highest BCUT2D eigenvalue weighted by Gasteiger charge is 1.74. The van der Waals surface area contributed by atoms with Crippen LogP contribution in [0.25, 0.3) is 0 Å². The summed E-state index contributed by atoms with van der Waals surface area (Å²) < 4.78 is 0. The quantitative estimate of drug-likeness (QED) is 0.555. The highest BCUT2D eigenvalue weighted by atomic mass is 16.4. The predicted molar refractivity (Wildman–Crippen MR) is 40.7 cm³/mol. The number of hydrogen-bond acceptors (Lipinski definition) is 2. The molecule has 0 aromatic carbocycles. The van der Waals surface area contributed by atoms with Gasteiger partial charge in [-0.3, -0.25) is 4.98 Å². The van der Waals surface area contributed by atoms with Crippen LogP contribution < -0.4 is 0 Å². The first-order chi connectivity index (χ1) is 5.27. The third kappa shape index (κ3) is 8.18. The van der Waals surface area contributed by atoms with Crippen LogP contribution in [0.1, 0.15) is 0 Å². The molecule has 11 heavy (non-hydrogen) atoms. The van der Waals surface area contributed by atoms with Crippen molar-refractivity contribution in [2.45, 2.75) is 0 Å². The summed E-state index contributed by atoms with van der Waals surface area (Å²) in [6.45, 7) is 0. The molecule has 0 fully saturated rings. The van der Waals surface area contributed by atoms with E-state index in [1.54, 1.807) is 12.4 Å². The third-order valence-electron chi connectivity index (χ3n) is 0.690. The Hall–Kier alpha value is -1.82. The normalized spacial score (nSPS) is 6.82. The van der Waals surface area contributed by atoms with Crippen molar-refractivity contribution in [2.75, 3.05) is 0 Å². The Kier molecular flexibility index (Phi) is 5.26. The molecule has 1 heterocycles. The molecular formula is C8H7NO2. The van der Waals surface area contributed by atoms with Crippen LogP contribution in [-0.2, 0) is 4.79 Å². The van der Waals surface area contributed by atoms with E-state index in [1.165, 1.54) is 5.92 Å². The zero-order valence-electron chi connectivity index (χ0n) is 5.77. The first-order valence-electron chi connectivity index (χ1n) is 2.82. The lowest BCUT2D eigenvalue weighted by atomic mass is 10.5. The van der Waals surface area contributed by atoms with Gasteiger partial charge in [0.1, 0.15) is 0 Å². The summed E-state index contributed by atoms with van der Waals surface area (Å²) >= 11 is 0. The van der Waals surface area contributed by atoms with Crippen LogP contribution in [0.3, 0.4) is 0 Å². The number of hydrogen-bond donors (Lipinski definition) is 1. The minimum absolute atomic E-state index is 1.22. The van der Waals surface area contributed by atoms with Crippen LogP contribution in [-0.4, -0.2) is 16.1 Å². The fraction of sp³-hybridized carbons (Fsp3) is 0. The molecule has 0 saturated carbocycles. The molecule has 0 aliphatic rings. The summed E-state index contributed by atoms with van der Waals surface area (Å²) in [4.78, 5) is 12.9. The molecule has 3 nitrogen and oxygen atoms in total. The van der Waals surface area contributed by atoms with Gasteiger partial charge in [0.05, 0.1) is 0 Å². The van der Waals surface area contributed by atoms with Gasteiger partial charge in [-0.2, -0.15) is 0 Å². The molecule has 1 aromatic heterocycles. The van der Waals surface area contributed by atoms with Crippen LogP contribution >= 0.6 is 0 Å². The minimum atomic E-state index is -1.22. The zero-order valence-corrected chi connectivity index (χ0v) is 5.77. The summed E-state index contributed by atoms with van der Waals surface area (Å²) in [6.07, 6.45) is 7.82. The molecule has 1 aromatic rings. The summed E-state index contributed by atoms with van der Waals surface area (Å²) in [6, 6.07) is 5.72. The topological polar surface area (TPSA) is 50.2 Å². The number of carboxylic acid groups (broad SMARTS) is 1. The maximum Gasteiger partial charge on any atom is 0.381 e. The van der Waals surface area contributed by atoms with E-state index >= 15 is 0 Å². The van der Waals surface area contributed by atoms with Crippen molar-refractivity contribution in [3.05, 3.63) is 30.6 Å². The first kappa shape index (κ1) is 9.18. The molecule has 56 valence electrons. The average Bonchev–Trinajstić information content (AvgIpc) is 2.09. The summed E-state index contributed by atoms with van der Waals surface area (Å²) in [5, 5.41) is 7.49. The lowest BCUT2D eigenvalue weighted by molar-refractivity contribution is -0.130. The smallest absolute Gasteiger partial charge is 0.381 e. The second-order valence-electron chi connectivity index (χ2n) is 1.47. The number of rotatable bonds is 0. The largest absolute Gasteiger partial charge is 0.472 e. The van der Waals surface area contributed by atoms with Gasteiger partial charge in [-0.25, -0.2) is 4.79 Å². The Labute approximate surface area is 64.7 Å². The van der Waals surface area contributed by atoms with E-state index in [1.807, 2.05) is 18.2 Å². The average molecular weight is 149 g/mol. The van der Waals surface area contributed by atoms with Crippen LogP contribution in [0.15, 0.2) is 30.6 Å². The Morgan fingerprint density at radius 2 is 1.82 bits per heavy atom. The third-order valence-corrected chi connectivity index (χ3v) is 0.690.